The maximum atomic E-state index is 12.8. The SMILES string of the molecule is CC1CC(CN2CCN(C(=O)c3ccc(C#N)cc3)C2=N[N+](=O)[O-])CO1. The molecule has 2 atom stereocenters. The summed E-state index contributed by atoms with van der Waals surface area (Å²) in [4.78, 5) is 26.8. The lowest BCUT2D eigenvalue weighted by Crippen LogP contribution is -2.40. The van der Waals surface area contributed by atoms with Crippen molar-refractivity contribution >= 4 is 11.9 Å². The van der Waals surface area contributed by atoms with Gasteiger partial charge < -0.3 is 9.64 Å². The third kappa shape index (κ3) is 3.81. The van der Waals surface area contributed by atoms with Crippen molar-refractivity contribution in [2.75, 3.05) is 26.2 Å². The second-order valence-corrected chi connectivity index (χ2v) is 6.48. The number of benzene rings is 1. The van der Waals surface area contributed by atoms with E-state index in [9.17, 15) is 14.9 Å². The number of ether oxygens (including phenoxy) is 1. The van der Waals surface area contributed by atoms with E-state index in [0.717, 1.165) is 6.42 Å². The molecule has 0 spiro atoms. The summed E-state index contributed by atoms with van der Waals surface area (Å²) in [6, 6.07) is 8.16. The maximum absolute atomic E-state index is 12.8. The number of hydrogen-bond acceptors (Lipinski definition) is 5. The minimum Gasteiger partial charge on any atom is -0.378 e. The Bertz CT molecular complexity index is 770. The van der Waals surface area contributed by atoms with Gasteiger partial charge in [0.05, 0.1) is 24.3 Å². The van der Waals surface area contributed by atoms with Crippen LogP contribution in [0.15, 0.2) is 29.4 Å². The molecule has 3 rings (SSSR count). The lowest BCUT2D eigenvalue weighted by molar-refractivity contribution is -0.486. The zero-order valence-electron chi connectivity index (χ0n) is 14.4. The van der Waals surface area contributed by atoms with E-state index >= 15 is 0 Å². The molecule has 2 aliphatic rings. The molecular weight excluding hydrogens is 338 g/mol. The van der Waals surface area contributed by atoms with E-state index in [1.807, 2.05) is 13.0 Å². The van der Waals surface area contributed by atoms with Gasteiger partial charge >= 0.3 is 0 Å². The van der Waals surface area contributed by atoms with Gasteiger partial charge in [0.1, 0.15) is 5.10 Å². The van der Waals surface area contributed by atoms with Crippen molar-refractivity contribution in [2.45, 2.75) is 19.4 Å². The molecule has 2 fully saturated rings. The van der Waals surface area contributed by atoms with E-state index in [0.29, 0.717) is 37.4 Å². The molecule has 2 saturated heterocycles. The van der Waals surface area contributed by atoms with Crippen LogP contribution in [0.2, 0.25) is 0 Å². The van der Waals surface area contributed by atoms with Crippen LogP contribution in [-0.2, 0) is 4.74 Å². The lowest BCUT2D eigenvalue weighted by atomic mass is 10.1. The van der Waals surface area contributed by atoms with Crippen molar-refractivity contribution in [3.8, 4) is 6.07 Å². The number of rotatable bonds is 4. The minimum absolute atomic E-state index is 0.0592. The smallest absolute Gasteiger partial charge is 0.281 e. The number of hydrogen-bond donors (Lipinski definition) is 0. The summed E-state index contributed by atoms with van der Waals surface area (Å²) in [6.07, 6.45) is 1.06. The topological polar surface area (TPSA) is 112 Å². The van der Waals surface area contributed by atoms with E-state index in [4.69, 9.17) is 10.00 Å². The van der Waals surface area contributed by atoms with Crippen molar-refractivity contribution in [3.05, 3.63) is 45.5 Å². The van der Waals surface area contributed by atoms with Gasteiger partial charge in [-0.05, 0) is 37.6 Å². The molecule has 0 N–H and O–H groups in total. The number of hydrazone groups is 1. The summed E-state index contributed by atoms with van der Waals surface area (Å²) < 4.78 is 5.55. The number of carbonyl (C=O) groups is 1. The third-order valence-electron chi connectivity index (χ3n) is 4.56. The van der Waals surface area contributed by atoms with Crippen molar-refractivity contribution in [3.63, 3.8) is 0 Å². The Kier molecular flexibility index (Phi) is 5.14. The molecule has 0 bridgehead atoms. The van der Waals surface area contributed by atoms with Gasteiger partial charge in [-0.15, -0.1) is 0 Å². The Balaban J connectivity index is 1.78. The minimum atomic E-state index is -0.777. The highest BCUT2D eigenvalue weighted by atomic mass is 16.7. The fraction of sp³-hybridized carbons (Fsp3) is 0.471. The molecule has 0 saturated carbocycles. The first-order valence-corrected chi connectivity index (χ1v) is 8.39. The van der Waals surface area contributed by atoms with Crippen molar-refractivity contribution < 1.29 is 14.6 Å². The Hall–Kier alpha value is -2.99. The molecule has 1 aromatic carbocycles. The summed E-state index contributed by atoms with van der Waals surface area (Å²) in [5.74, 6) is -0.0514. The van der Waals surface area contributed by atoms with Crippen LogP contribution in [0.5, 0.6) is 0 Å². The molecule has 2 heterocycles. The highest BCUT2D eigenvalue weighted by molar-refractivity contribution is 6.06. The van der Waals surface area contributed by atoms with Crippen LogP contribution in [-0.4, -0.2) is 59.0 Å². The van der Waals surface area contributed by atoms with Gasteiger partial charge in [-0.1, -0.05) is 0 Å². The molecule has 0 aliphatic carbocycles. The zero-order chi connectivity index (χ0) is 18.7. The molecule has 2 unspecified atom stereocenters. The van der Waals surface area contributed by atoms with E-state index < -0.39 is 5.03 Å². The van der Waals surface area contributed by atoms with Crippen LogP contribution in [0.3, 0.4) is 0 Å². The second-order valence-electron chi connectivity index (χ2n) is 6.48. The van der Waals surface area contributed by atoms with Gasteiger partial charge in [-0.25, -0.2) is 10.1 Å². The van der Waals surface area contributed by atoms with Crippen LogP contribution in [0, 0.1) is 27.4 Å². The Morgan fingerprint density at radius 2 is 2.15 bits per heavy atom. The predicted molar refractivity (Wildman–Crippen MR) is 91.7 cm³/mol. The molecule has 1 aromatic rings. The predicted octanol–water partition coefficient (Wildman–Crippen LogP) is 1.29. The first-order valence-electron chi connectivity index (χ1n) is 8.39. The lowest BCUT2D eigenvalue weighted by Gasteiger charge is -2.22. The fourth-order valence-electron chi connectivity index (χ4n) is 3.33. The Morgan fingerprint density at radius 3 is 2.73 bits per heavy atom. The fourth-order valence-corrected chi connectivity index (χ4v) is 3.33. The van der Waals surface area contributed by atoms with Gasteiger partial charge in [-0.2, -0.15) is 5.26 Å². The molecule has 9 heteroatoms. The summed E-state index contributed by atoms with van der Waals surface area (Å²) >= 11 is 0. The first kappa shape index (κ1) is 17.8. The van der Waals surface area contributed by atoms with E-state index in [1.165, 1.54) is 4.90 Å². The van der Waals surface area contributed by atoms with Gasteiger partial charge in [0.25, 0.3) is 11.9 Å². The molecule has 0 radical (unpaired) electrons. The van der Waals surface area contributed by atoms with E-state index in [-0.39, 0.29) is 23.9 Å². The number of guanidine groups is 1. The zero-order valence-corrected chi connectivity index (χ0v) is 14.4. The van der Waals surface area contributed by atoms with Crippen LogP contribution in [0.4, 0.5) is 0 Å². The number of carbonyl (C=O) groups excluding carboxylic acids is 1. The molecule has 9 nitrogen and oxygen atoms in total. The van der Waals surface area contributed by atoms with Gasteiger partial charge in [0.2, 0.25) is 0 Å². The number of nitriles is 1. The Morgan fingerprint density at radius 1 is 1.42 bits per heavy atom. The van der Waals surface area contributed by atoms with Gasteiger partial charge in [-0.3, -0.25) is 9.69 Å². The highest BCUT2D eigenvalue weighted by Gasteiger charge is 2.36. The molecule has 136 valence electrons. The molecule has 2 aliphatic heterocycles. The Labute approximate surface area is 150 Å². The van der Waals surface area contributed by atoms with Crippen molar-refractivity contribution in [1.82, 2.24) is 9.80 Å². The highest BCUT2D eigenvalue weighted by Crippen LogP contribution is 2.23. The third-order valence-corrected chi connectivity index (χ3v) is 4.56. The molecule has 0 aromatic heterocycles. The van der Waals surface area contributed by atoms with Crippen LogP contribution in [0.25, 0.3) is 0 Å². The van der Waals surface area contributed by atoms with E-state index in [1.54, 1.807) is 29.2 Å². The van der Waals surface area contributed by atoms with Gasteiger partial charge in [0, 0.05) is 31.1 Å². The molecule has 26 heavy (non-hydrogen) atoms. The first-order chi connectivity index (χ1) is 12.5. The summed E-state index contributed by atoms with van der Waals surface area (Å²) in [5, 5.41) is 22.5. The average molecular weight is 357 g/mol. The average Bonchev–Trinajstić information content (AvgIpc) is 3.21. The van der Waals surface area contributed by atoms with Crippen LogP contribution < -0.4 is 0 Å². The number of nitrogens with zero attached hydrogens (tertiary/aromatic N) is 5. The molecule has 1 amide bonds. The summed E-state index contributed by atoms with van der Waals surface area (Å²) in [6.45, 7) is 3.98. The number of nitro groups is 1. The van der Waals surface area contributed by atoms with Gasteiger partial charge in [0.15, 0.2) is 5.03 Å². The van der Waals surface area contributed by atoms with Crippen molar-refractivity contribution in [2.24, 2.45) is 11.0 Å². The standard InChI is InChI=1S/C17H19N5O4/c1-12-8-14(11-26-12)10-20-6-7-21(17(20)19-22(24)25)16(23)15-4-2-13(9-18)3-5-15/h2-5,12,14H,6-8,10-11H2,1H3. The monoisotopic (exact) mass is 357 g/mol. The normalized spacial score (nSPS) is 24.1. The maximum Gasteiger partial charge on any atom is 0.281 e. The van der Waals surface area contributed by atoms with E-state index in [2.05, 4.69) is 5.10 Å². The quantitative estimate of drug-likeness (QED) is 0.593. The summed E-state index contributed by atoms with van der Waals surface area (Å²) in [5.41, 5.74) is 0.804. The summed E-state index contributed by atoms with van der Waals surface area (Å²) in [7, 11) is 0. The van der Waals surface area contributed by atoms with Crippen LogP contribution >= 0.6 is 0 Å². The second kappa shape index (κ2) is 7.49. The van der Waals surface area contributed by atoms with Crippen LogP contribution in [0.1, 0.15) is 29.3 Å². The number of amides is 1. The van der Waals surface area contributed by atoms with Crippen molar-refractivity contribution in [1.29, 1.82) is 5.26 Å². The molecular formula is C17H19N5O4. The largest absolute Gasteiger partial charge is 0.378 e.